The van der Waals surface area contributed by atoms with Crippen LogP contribution in [0.15, 0.2) is 24.3 Å². The van der Waals surface area contributed by atoms with Crippen molar-refractivity contribution in [2.24, 2.45) is 0 Å². The molecule has 1 saturated heterocycles. The van der Waals surface area contributed by atoms with Gasteiger partial charge in [0.05, 0.1) is 6.54 Å². The molecule has 1 aromatic carbocycles. The normalized spacial score (nSPS) is 15.5. The number of likely N-dealkylation sites (N-methyl/N-ethyl adjacent to an activating group) is 1. The van der Waals surface area contributed by atoms with E-state index < -0.39 is 0 Å². The quantitative estimate of drug-likeness (QED) is 0.822. The molecular weight excluding hydrogens is 297 g/mol. The lowest BCUT2D eigenvalue weighted by molar-refractivity contribution is -0.134. The predicted molar refractivity (Wildman–Crippen MR) is 86.2 cm³/mol. The van der Waals surface area contributed by atoms with E-state index in [0.717, 1.165) is 5.56 Å². The van der Waals surface area contributed by atoms with Crippen molar-refractivity contribution in [3.05, 3.63) is 35.6 Å². The van der Waals surface area contributed by atoms with Crippen LogP contribution in [0.3, 0.4) is 0 Å². The maximum absolute atomic E-state index is 13.3. The zero-order valence-electron chi connectivity index (χ0n) is 13.8. The lowest BCUT2D eigenvalue weighted by Gasteiger charge is -2.34. The predicted octanol–water partition coefficient (Wildman–Crippen LogP) is 1.34. The molecule has 2 rings (SSSR count). The van der Waals surface area contributed by atoms with Crippen molar-refractivity contribution < 1.29 is 14.0 Å². The summed E-state index contributed by atoms with van der Waals surface area (Å²) in [5, 5.41) is 0. The summed E-state index contributed by atoms with van der Waals surface area (Å²) < 4.78 is 13.3. The molecule has 23 heavy (non-hydrogen) atoms. The van der Waals surface area contributed by atoms with Crippen LogP contribution in [0, 0.1) is 5.82 Å². The number of benzene rings is 1. The van der Waals surface area contributed by atoms with Gasteiger partial charge in [-0.25, -0.2) is 4.39 Å². The molecule has 126 valence electrons. The molecule has 0 aliphatic carbocycles. The molecule has 0 saturated carbocycles. The van der Waals surface area contributed by atoms with E-state index in [1.54, 1.807) is 22.8 Å². The number of nitrogens with zero attached hydrogens (tertiary/aromatic N) is 3. The van der Waals surface area contributed by atoms with E-state index in [-0.39, 0.29) is 17.6 Å². The average Bonchev–Trinajstić information content (AvgIpc) is 2.53. The van der Waals surface area contributed by atoms with Crippen LogP contribution in [0.1, 0.15) is 19.4 Å². The topological polar surface area (TPSA) is 43.9 Å². The molecule has 1 fully saturated rings. The van der Waals surface area contributed by atoms with Crippen molar-refractivity contribution in [2.75, 3.05) is 39.3 Å². The smallest absolute Gasteiger partial charge is 0.237 e. The third-order valence-electron chi connectivity index (χ3n) is 4.17. The Morgan fingerprint density at radius 1 is 1.22 bits per heavy atom. The van der Waals surface area contributed by atoms with Crippen molar-refractivity contribution in [3.8, 4) is 0 Å². The molecule has 0 atom stereocenters. The van der Waals surface area contributed by atoms with Gasteiger partial charge in [0, 0.05) is 46.2 Å². The molecule has 1 aromatic rings. The van der Waals surface area contributed by atoms with Gasteiger partial charge in [-0.3, -0.25) is 14.5 Å². The van der Waals surface area contributed by atoms with Crippen molar-refractivity contribution in [1.82, 2.24) is 14.7 Å². The van der Waals surface area contributed by atoms with E-state index in [2.05, 4.69) is 4.90 Å². The third kappa shape index (κ3) is 5.03. The van der Waals surface area contributed by atoms with Crippen molar-refractivity contribution in [1.29, 1.82) is 0 Å². The Morgan fingerprint density at radius 3 is 2.48 bits per heavy atom. The number of amides is 2. The van der Waals surface area contributed by atoms with Crippen LogP contribution in [0.4, 0.5) is 4.39 Å². The van der Waals surface area contributed by atoms with Crippen LogP contribution in [-0.2, 0) is 16.1 Å². The van der Waals surface area contributed by atoms with Crippen molar-refractivity contribution in [2.45, 2.75) is 20.4 Å². The summed E-state index contributed by atoms with van der Waals surface area (Å²) in [4.78, 5) is 29.4. The van der Waals surface area contributed by atoms with Crippen LogP contribution in [0.2, 0.25) is 0 Å². The van der Waals surface area contributed by atoms with Gasteiger partial charge in [-0.15, -0.1) is 0 Å². The Bertz CT molecular complexity index is 557. The highest BCUT2D eigenvalue weighted by Gasteiger charge is 2.22. The van der Waals surface area contributed by atoms with E-state index in [1.807, 2.05) is 13.0 Å². The fourth-order valence-electron chi connectivity index (χ4n) is 2.74. The summed E-state index contributed by atoms with van der Waals surface area (Å²) >= 11 is 0. The molecular formula is C17H24FN3O2. The van der Waals surface area contributed by atoms with Gasteiger partial charge in [0.2, 0.25) is 11.8 Å². The van der Waals surface area contributed by atoms with E-state index in [1.165, 1.54) is 12.1 Å². The van der Waals surface area contributed by atoms with Gasteiger partial charge in [0.25, 0.3) is 0 Å². The number of hydrogen-bond acceptors (Lipinski definition) is 3. The van der Waals surface area contributed by atoms with Crippen LogP contribution < -0.4 is 0 Å². The van der Waals surface area contributed by atoms with Crippen LogP contribution in [-0.4, -0.2) is 65.8 Å². The van der Waals surface area contributed by atoms with E-state index in [4.69, 9.17) is 0 Å². The van der Waals surface area contributed by atoms with Gasteiger partial charge >= 0.3 is 0 Å². The first-order valence-electron chi connectivity index (χ1n) is 7.99. The Kier molecular flexibility index (Phi) is 6.10. The minimum absolute atomic E-state index is 0.0352. The fourth-order valence-corrected chi connectivity index (χ4v) is 2.74. The summed E-state index contributed by atoms with van der Waals surface area (Å²) in [6.07, 6.45) is 0. The second-order valence-electron chi connectivity index (χ2n) is 5.82. The largest absolute Gasteiger partial charge is 0.340 e. The molecule has 0 unspecified atom stereocenters. The maximum Gasteiger partial charge on any atom is 0.237 e. The molecule has 5 nitrogen and oxygen atoms in total. The van der Waals surface area contributed by atoms with E-state index in [9.17, 15) is 14.0 Å². The highest BCUT2D eigenvalue weighted by molar-refractivity contribution is 5.78. The Balaban J connectivity index is 1.87. The maximum atomic E-state index is 13.3. The van der Waals surface area contributed by atoms with Gasteiger partial charge in [0.1, 0.15) is 5.82 Å². The lowest BCUT2D eigenvalue weighted by Crippen LogP contribution is -2.51. The summed E-state index contributed by atoms with van der Waals surface area (Å²) in [6, 6.07) is 6.34. The van der Waals surface area contributed by atoms with Gasteiger partial charge in [0.15, 0.2) is 0 Å². The molecule has 1 aliphatic rings. The number of halogens is 1. The first kappa shape index (κ1) is 17.4. The fraction of sp³-hybridized carbons (Fsp3) is 0.529. The summed E-state index contributed by atoms with van der Waals surface area (Å²) in [7, 11) is 0. The molecule has 0 spiro atoms. The van der Waals surface area contributed by atoms with E-state index in [0.29, 0.717) is 45.8 Å². The monoisotopic (exact) mass is 321 g/mol. The number of rotatable bonds is 5. The first-order chi connectivity index (χ1) is 11.0. The van der Waals surface area contributed by atoms with Crippen molar-refractivity contribution >= 4 is 11.8 Å². The van der Waals surface area contributed by atoms with Crippen LogP contribution in [0.5, 0.6) is 0 Å². The second kappa shape index (κ2) is 8.06. The molecule has 0 radical (unpaired) electrons. The minimum atomic E-state index is -0.286. The molecule has 1 aliphatic heterocycles. The molecule has 2 amide bonds. The summed E-state index contributed by atoms with van der Waals surface area (Å²) in [6.45, 7) is 7.59. The highest BCUT2D eigenvalue weighted by Crippen LogP contribution is 2.09. The van der Waals surface area contributed by atoms with Crippen LogP contribution in [0.25, 0.3) is 0 Å². The molecule has 6 heteroatoms. The number of carbonyl (C=O) groups excluding carboxylic acids is 2. The third-order valence-corrected chi connectivity index (χ3v) is 4.17. The number of piperazine rings is 1. The van der Waals surface area contributed by atoms with Crippen LogP contribution >= 0.6 is 0 Å². The highest BCUT2D eigenvalue weighted by atomic mass is 19.1. The van der Waals surface area contributed by atoms with E-state index >= 15 is 0 Å². The summed E-state index contributed by atoms with van der Waals surface area (Å²) in [5.41, 5.74) is 0.793. The average molecular weight is 321 g/mol. The van der Waals surface area contributed by atoms with Gasteiger partial charge in [-0.05, 0) is 24.6 Å². The zero-order valence-corrected chi connectivity index (χ0v) is 13.8. The number of hydrogen-bond donors (Lipinski definition) is 0. The first-order valence-corrected chi connectivity index (χ1v) is 7.99. The Hall–Kier alpha value is -1.95. The summed E-state index contributed by atoms with van der Waals surface area (Å²) in [5.74, 6) is -0.170. The molecule has 0 N–H and O–H groups in total. The molecule has 0 aromatic heterocycles. The Morgan fingerprint density at radius 2 is 1.91 bits per heavy atom. The van der Waals surface area contributed by atoms with Gasteiger partial charge in [-0.2, -0.15) is 0 Å². The SMILES string of the molecule is CCN(Cc1cccc(F)c1)C(=O)CN1CCN(C(C)=O)CC1. The molecule has 0 bridgehead atoms. The van der Waals surface area contributed by atoms with Gasteiger partial charge in [-0.1, -0.05) is 12.1 Å². The standard InChI is InChI=1S/C17H24FN3O2/c1-3-20(12-15-5-4-6-16(18)11-15)17(23)13-19-7-9-21(10-8-19)14(2)22/h4-6,11H,3,7-10,12-13H2,1-2H3. The lowest BCUT2D eigenvalue weighted by atomic mass is 10.2. The zero-order chi connectivity index (χ0) is 16.8. The second-order valence-corrected chi connectivity index (χ2v) is 5.82. The minimum Gasteiger partial charge on any atom is -0.340 e. The van der Waals surface area contributed by atoms with Crippen molar-refractivity contribution in [3.63, 3.8) is 0 Å². The molecule has 1 heterocycles. The number of carbonyl (C=O) groups is 2. The van der Waals surface area contributed by atoms with Gasteiger partial charge < -0.3 is 9.80 Å². The Labute approximate surface area is 136 Å².